The highest BCUT2D eigenvalue weighted by molar-refractivity contribution is 6.03. The summed E-state index contributed by atoms with van der Waals surface area (Å²) in [5.74, 6) is -15.2. The first-order chi connectivity index (χ1) is 48.7. The molecule has 2 aliphatic rings. The molecule has 2 heterocycles. The second-order valence-electron chi connectivity index (χ2n) is 30.0. The molecule has 30 nitrogen and oxygen atoms in total. The number of nitrogens with one attached hydrogen (secondary N) is 12. The van der Waals surface area contributed by atoms with Crippen LogP contribution in [0.1, 0.15) is 188 Å². The zero-order chi connectivity index (χ0) is 78.7. The number of rotatable bonds is 32. The maximum absolute atomic E-state index is 15.0. The quantitative estimate of drug-likeness (QED) is 0.0358. The van der Waals surface area contributed by atoms with Crippen molar-refractivity contribution in [2.24, 2.45) is 53.1 Å². The number of hydrogen-bond acceptors (Lipinski definition) is 17. The normalized spacial score (nSPS) is 22.4. The van der Waals surface area contributed by atoms with Gasteiger partial charge in [0.25, 0.3) is 5.91 Å². The molecular weight excluding hydrogens is 1340 g/mol. The zero-order valence-electron chi connectivity index (χ0n) is 64.5. The number of esters is 1. The van der Waals surface area contributed by atoms with Crippen LogP contribution in [-0.2, 0) is 78.3 Å². The van der Waals surface area contributed by atoms with Crippen molar-refractivity contribution in [3.63, 3.8) is 0 Å². The predicted molar refractivity (Wildman–Crippen MR) is 391 cm³/mol. The van der Waals surface area contributed by atoms with E-state index in [1.807, 2.05) is 13.8 Å². The molecule has 0 aliphatic carbocycles. The third-order valence-corrected chi connectivity index (χ3v) is 18.7. The second-order valence-corrected chi connectivity index (χ2v) is 30.0. The minimum atomic E-state index is -1.83. The summed E-state index contributed by atoms with van der Waals surface area (Å²) in [6.45, 7) is 31.5. The molecule has 584 valence electrons. The van der Waals surface area contributed by atoms with Gasteiger partial charge in [0.1, 0.15) is 84.3 Å². The molecule has 0 spiro atoms. The molecule has 0 saturated carbocycles. The standard InChI is InChI=1S/C74H122N14O16/c1-20-44(17)59-70(99)81-54(39(7)8)66(95)78-50(36-47-29-23-22-24-30-47)64(93)76-48(21-2)62(91)84-58(43(15)16)74(103)104-46(19)61(72(101)85-59)87-69(98)55(40(9)10)80-63(92)49(31-26-34-75)77-65(94)51-32-27-35-88(51)73(102)57(42(13)14)83-68(97)56(41(11)12)82-71(100)60(45(18)89)86-67(96)53(38(5)6)79-52(90)33-25-28-37(3)4/h21-24,29-30,37-46,49-51,53-61,89H,20,25-28,31-36,75H2,1-19H3,(H,76,93)(H,77,94)(H,78,95)(H,79,90)(H,80,92)(H,81,99)(H,82,100)(H,83,97)(H,84,91)(H,85,101)(H,86,96)(H,87,98)/b48-21-. The maximum Gasteiger partial charge on any atom is 0.329 e. The molecule has 2 fully saturated rings. The molecule has 13 amide bonds. The van der Waals surface area contributed by atoms with Crippen LogP contribution in [0.3, 0.4) is 0 Å². The van der Waals surface area contributed by atoms with Crippen molar-refractivity contribution >= 4 is 82.8 Å². The van der Waals surface area contributed by atoms with Crippen LogP contribution in [0.2, 0.25) is 0 Å². The third kappa shape index (κ3) is 27.2. The Hall–Kier alpha value is -8.54. The van der Waals surface area contributed by atoms with E-state index >= 15 is 0 Å². The third-order valence-electron chi connectivity index (χ3n) is 18.7. The van der Waals surface area contributed by atoms with Gasteiger partial charge < -0.3 is 84.3 Å². The summed E-state index contributed by atoms with van der Waals surface area (Å²) in [5, 5.41) is 43.0. The van der Waals surface area contributed by atoms with Gasteiger partial charge >= 0.3 is 5.97 Å². The van der Waals surface area contributed by atoms with Crippen molar-refractivity contribution < 1.29 is 77.0 Å². The molecule has 2 aliphatic heterocycles. The number of aliphatic hydroxyl groups is 1. The number of hydrogen-bond donors (Lipinski definition) is 14. The smallest absolute Gasteiger partial charge is 0.329 e. The monoisotopic (exact) mass is 1460 g/mol. The van der Waals surface area contributed by atoms with Crippen LogP contribution in [0, 0.1) is 47.3 Å². The van der Waals surface area contributed by atoms with Crippen molar-refractivity contribution in [1.82, 2.24) is 68.7 Å². The van der Waals surface area contributed by atoms with Gasteiger partial charge in [-0.25, -0.2) is 4.79 Å². The van der Waals surface area contributed by atoms with E-state index in [0.717, 1.165) is 6.42 Å². The Kier molecular flexibility index (Phi) is 37.1. The van der Waals surface area contributed by atoms with Gasteiger partial charge in [-0.1, -0.05) is 160 Å². The molecule has 30 heteroatoms. The highest BCUT2D eigenvalue weighted by atomic mass is 16.5. The SMILES string of the molecule is C/C=C1\NC(=O)C(Cc2ccccc2)NC(=O)C(C(C)C)NC(=O)C(C(C)CC)NC(=O)C(NC(=O)C(NC(=O)C(CCCN)NC(=O)C2CCCN2C(=O)C(NC(=O)C(NC(=O)C(NC(=O)C(NC(=O)CCCC(C)C)C(C)C)C(C)O)C(C)C)C(C)C)C(C)C)C(C)OC(=O)C(C(C)C)NC1=O. The molecule has 1 aromatic carbocycles. The number of likely N-dealkylation sites (tertiary alicyclic amines) is 1. The van der Waals surface area contributed by atoms with Gasteiger partial charge in [-0.3, -0.25) is 62.3 Å². The Bertz CT molecular complexity index is 3140. The van der Waals surface area contributed by atoms with Crippen LogP contribution < -0.4 is 69.5 Å². The molecule has 0 bridgehead atoms. The van der Waals surface area contributed by atoms with E-state index in [0.29, 0.717) is 30.7 Å². The van der Waals surface area contributed by atoms with Gasteiger partial charge in [0.05, 0.1) is 6.10 Å². The number of allylic oxidation sites excluding steroid dienone is 1. The number of nitrogens with two attached hydrogens (primary N) is 1. The molecule has 3 rings (SSSR count). The highest BCUT2D eigenvalue weighted by Crippen LogP contribution is 2.23. The van der Waals surface area contributed by atoms with Gasteiger partial charge in [-0.2, -0.15) is 0 Å². The minimum absolute atomic E-state index is 0.0357. The molecule has 0 radical (unpaired) electrons. The van der Waals surface area contributed by atoms with Crippen LogP contribution in [0.4, 0.5) is 0 Å². The fraction of sp³-hybridized carbons (Fsp3) is 0.703. The van der Waals surface area contributed by atoms with Crippen LogP contribution in [0.25, 0.3) is 0 Å². The van der Waals surface area contributed by atoms with E-state index < -0.39 is 203 Å². The lowest BCUT2D eigenvalue weighted by Crippen LogP contribution is -2.64. The Labute approximate surface area is 613 Å². The van der Waals surface area contributed by atoms with Crippen LogP contribution >= 0.6 is 0 Å². The first-order valence-electron chi connectivity index (χ1n) is 36.9. The molecule has 15 atom stereocenters. The average molecular weight is 1460 g/mol. The Morgan fingerprint density at radius 3 is 1.65 bits per heavy atom. The van der Waals surface area contributed by atoms with Crippen molar-refractivity contribution in [1.29, 1.82) is 0 Å². The number of carbonyl (C=O) groups is 14. The number of carbonyl (C=O) groups excluding carboxylic acids is 14. The summed E-state index contributed by atoms with van der Waals surface area (Å²) in [7, 11) is 0. The van der Waals surface area contributed by atoms with Gasteiger partial charge in [-0.05, 0) is 112 Å². The summed E-state index contributed by atoms with van der Waals surface area (Å²) in [4.78, 5) is 201. The number of amides is 13. The summed E-state index contributed by atoms with van der Waals surface area (Å²) >= 11 is 0. The van der Waals surface area contributed by atoms with Crippen molar-refractivity contribution in [2.75, 3.05) is 13.1 Å². The average Bonchev–Trinajstić information content (AvgIpc) is 1.56. The lowest BCUT2D eigenvalue weighted by molar-refractivity contribution is -0.157. The number of cyclic esters (lactones) is 1. The van der Waals surface area contributed by atoms with E-state index in [2.05, 4.69) is 63.8 Å². The van der Waals surface area contributed by atoms with E-state index in [1.54, 1.807) is 127 Å². The van der Waals surface area contributed by atoms with E-state index in [1.165, 1.54) is 31.7 Å². The van der Waals surface area contributed by atoms with Crippen molar-refractivity contribution in [3.05, 3.63) is 47.7 Å². The maximum atomic E-state index is 15.0. The number of nitrogens with zero attached hydrogens (tertiary/aromatic N) is 1. The Morgan fingerprint density at radius 2 is 1.12 bits per heavy atom. The van der Waals surface area contributed by atoms with Crippen LogP contribution in [0.15, 0.2) is 42.1 Å². The largest absolute Gasteiger partial charge is 0.458 e. The summed E-state index contributed by atoms with van der Waals surface area (Å²) in [6, 6.07) is -7.69. The van der Waals surface area contributed by atoms with E-state index in [9.17, 15) is 72.2 Å². The zero-order valence-corrected chi connectivity index (χ0v) is 64.5. The number of benzene rings is 1. The van der Waals surface area contributed by atoms with Crippen molar-refractivity contribution in [3.8, 4) is 0 Å². The molecule has 15 unspecified atom stereocenters. The van der Waals surface area contributed by atoms with Gasteiger partial charge in [0, 0.05) is 19.4 Å². The summed E-state index contributed by atoms with van der Waals surface area (Å²) in [6.07, 6.45) is 0.754. The molecular formula is C74H122N14O16. The van der Waals surface area contributed by atoms with Crippen LogP contribution in [-0.4, -0.2) is 191 Å². The predicted octanol–water partition coefficient (Wildman–Crippen LogP) is 1.45. The summed E-state index contributed by atoms with van der Waals surface area (Å²) < 4.78 is 5.94. The lowest BCUT2D eigenvalue weighted by atomic mass is 9.95. The Morgan fingerprint density at radius 1 is 0.606 bits per heavy atom. The first kappa shape index (κ1) is 89.7. The van der Waals surface area contributed by atoms with Gasteiger partial charge in [0.15, 0.2) is 0 Å². The molecule has 15 N–H and O–H groups in total. The fourth-order valence-electron chi connectivity index (χ4n) is 12.0. The fourth-order valence-corrected chi connectivity index (χ4v) is 12.0. The topological polar surface area (TPSA) is 442 Å². The van der Waals surface area contributed by atoms with Gasteiger partial charge in [0.2, 0.25) is 70.9 Å². The lowest BCUT2D eigenvalue weighted by Gasteiger charge is -2.33. The van der Waals surface area contributed by atoms with E-state index in [4.69, 9.17) is 10.5 Å². The molecule has 2 saturated heterocycles. The summed E-state index contributed by atoms with van der Waals surface area (Å²) in [5.41, 5.74) is 6.32. The van der Waals surface area contributed by atoms with Crippen LogP contribution in [0.5, 0.6) is 0 Å². The number of ether oxygens (including phenoxy) is 1. The second kappa shape index (κ2) is 43.0. The Balaban J connectivity index is 1.98. The molecule has 0 aromatic heterocycles. The molecule has 1 aromatic rings. The van der Waals surface area contributed by atoms with E-state index in [-0.39, 0.29) is 56.8 Å². The van der Waals surface area contributed by atoms with Gasteiger partial charge in [-0.15, -0.1) is 0 Å². The highest BCUT2D eigenvalue weighted by Gasteiger charge is 2.44. The molecule has 104 heavy (non-hydrogen) atoms. The number of aliphatic hydroxyl groups excluding tert-OH is 1. The minimum Gasteiger partial charge on any atom is -0.458 e. The first-order valence-corrected chi connectivity index (χ1v) is 36.9. The van der Waals surface area contributed by atoms with Crippen molar-refractivity contribution in [2.45, 2.75) is 274 Å².